The SMILES string of the molecule is C/C=C(\C)c1nnc(C2(C(/C=C\CF)=C/CC)CCC2)n1C. The highest BCUT2D eigenvalue weighted by molar-refractivity contribution is 5.57. The number of aromatic nitrogens is 3. The van der Waals surface area contributed by atoms with Gasteiger partial charge in [-0.3, -0.25) is 0 Å². The molecule has 0 bridgehead atoms. The van der Waals surface area contributed by atoms with E-state index < -0.39 is 6.67 Å². The monoisotopic (exact) mass is 303 g/mol. The van der Waals surface area contributed by atoms with Crippen molar-refractivity contribution >= 4 is 5.57 Å². The largest absolute Gasteiger partial charge is 0.314 e. The second kappa shape index (κ2) is 7.03. The summed E-state index contributed by atoms with van der Waals surface area (Å²) < 4.78 is 14.7. The first-order chi connectivity index (χ1) is 10.6. The van der Waals surface area contributed by atoms with E-state index in [0.717, 1.165) is 36.5 Å². The van der Waals surface area contributed by atoms with Crippen molar-refractivity contribution in [3.8, 4) is 0 Å². The van der Waals surface area contributed by atoms with Crippen LogP contribution in [-0.2, 0) is 12.5 Å². The molecule has 0 radical (unpaired) electrons. The molecule has 0 aliphatic heterocycles. The molecule has 120 valence electrons. The quantitative estimate of drug-likeness (QED) is 0.723. The maximum atomic E-state index is 12.6. The van der Waals surface area contributed by atoms with Gasteiger partial charge in [0.25, 0.3) is 0 Å². The van der Waals surface area contributed by atoms with Gasteiger partial charge in [-0.25, -0.2) is 4.39 Å². The van der Waals surface area contributed by atoms with E-state index in [-0.39, 0.29) is 5.41 Å². The summed E-state index contributed by atoms with van der Waals surface area (Å²) in [7, 11) is 2.03. The van der Waals surface area contributed by atoms with Gasteiger partial charge in [0.15, 0.2) is 5.82 Å². The van der Waals surface area contributed by atoms with Crippen molar-refractivity contribution in [1.82, 2.24) is 14.8 Å². The Hall–Kier alpha value is -1.71. The Morgan fingerprint density at radius 1 is 1.36 bits per heavy atom. The van der Waals surface area contributed by atoms with Crippen LogP contribution in [0.3, 0.4) is 0 Å². The molecule has 0 spiro atoms. The summed E-state index contributed by atoms with van der Waals surface area (Å²) in [4.78, 5) is 0. The average molecular weight is 303 g/mol. The first-order valence-electron chi connectivity index (χ1n) is 8.07. The van der Waals surface area contributed by atoms with Crippen molar-refractivity contribution in [2.75, 3.05) is 6.67 Å². The lowest BCUT2D eigenvalue weighted by atomic mass is 9.63. The molecule has 3 nitrogen and oxygen atoms in total. The highest BCUT2D eigenvalue weighted by Gasteiger charge is 2.45. The van der Waals surface area contributed by atoms with Gasteiger partial charge in [0, 0.05) is 7.05 Å². The number of hydrogen-bond acceptors (Lipinski definition) is 2. The van der Waals surface area contributed by atoms with Gasteiger partial charge in [-0.1, -0.05) is 37.6 Å². The number of hydrogen-bond donors (Lipinski definition) is 0. The lowest BCUT2D eigenvalue weighted by Gasteiger charge is -2.42. The highest BCUT2D eigenvalue weighted by atomic mass is 19.1. The lowest BCUT2D eigenvalue weighted by Crippen LogP contribution is -2.38. The zero-order valence-corrected chi connectivity index (χ0v) is 14.1. The maximum Gasteiger partial charge on any atom is 0.159 e. The normalized spacial score (nSPS) is 18.8. The Bertz CT molecular complexity index is 604. The summed E-state index contributed by atoms with van der Waals surface area (Å²) in [6.07, 6.45) is 12.0. The van der Waals surface area contributed by atoms with Gasteiger partial charge >= 0.3 is 0 Å². The van der Waals surface area contributed by atoms with Crippen molar-refractivity contribution in [3.05, 3.63) is 41.5 Å². The van der Waals surface area contributed by atoms with Gasteiger partial charge in [-0.15, -0.1) is 10.2 Å². The summed E-state index contributed by atoms with van der Waals surface area (Å²) >= 11 is 0. The minimum absolute atomic E-state index is 0.101. The van der Waals surface area contributed by atoms with Crippen LogP contribution in [0.5, 0.6) is 0 Å². The first kappa shape index (κ1) is 16.7. The Morgan fingerprint density at radius 3 is 2.59 bits per heavy atom. The number of allylic oxidation sites excluding steroid dienone is 6. The van der Waals surface area contributed by atoms with E-state index in [4.69, 9.17) is 0 Å². The molecule has 1 aromatic rings. The minimum Gasteiger partial charge on any atom is -0.314 e. The molecule has 1 fully saturated rings. The highest BCUT2D eigenvalue weighted by Crippen LogP contribution is 2.49. The van der Waals surface area contributed by atoms with Crippen LogP contribution >= 0.6 is 0 Å². The predicted molar refractivity (Wildman–Crippen MR) is 89.3 cm³/mol. The van der Waals surface area contributed by atoms with Crippen LogP contribution in [-0.4, -0.2) is 21.4 Å². The van der Waals surface area contributed by atoms with E-state index in [9.17, 15) is 4.39 Å². The van der Waals surface area contributed by atoms with Gasteiger partial charge in [-0.05, 0) is 44.3 Å². The van der Waals surface area contributed by atoms with Crippen molar-refractivity contribution in [2.45, 2.75) is 51.9 Å². The molecule has 0 aromatic carbocycles. The molecule has 1 heterocycles. The molecular weight excluding hydrogens is 277 g/mol. The Labute approximate surface area is 132 Å². The molecule has 2 rings (SSSR count). The summed E-state index contributed by atoms with van der Waals surface area (Å²) in [5, 5.41) is 8.87. The van der Waals surface area contributed by atoms with Crippen molar-refractivity contribution in [3.63, 3.8) is 0 Å². The first-order valence-corrected chi connectivity index (χ1v) is 8.07. The molecule has 0 N–H and O–H groups in total. The Kier molecular flexibility index (Phi) is 5.33. The van der Waals surface area contributed by atoms with Crippen molar-refractivity contribution in [2.24, 2.45) is 7.05 Å². The molecule has 22 heavy (non-hydrogen) atoms. The van der Waals surface area contributed by atoms with Crippen LogP contribution in [0, 0.1) is 0 Å². The summed E-state index contributed by atoms with van der Waals surface area (Å²) in [6, 6.07) is 0. The summed E-state index contributed by atoms with van der Waals surface area (Å²) in [5.74, 6) is 1.91. The molecule has 0 unspecified atom stereocenters. The van der Waals surface area contributed by atoms with E-state index >= 15 is 0 Å². The number of alkyl halides is 1. The van der Waals surface area contributed by atoms with E-state index in [1.54, 1.807) is 6.08 Å². The second-order valence-corrected chi connectivity index (χ2v) is 5.94. The molecule has 1 aliphatic carbocycles. The fraction of sp³-hybridized carbons (Fsp3) is 0.556. The zero-order valence-electron chi connectivity index (χ0n) is 14.1. The molecule has 1 aliphatic rings. The minimum atomic E-state index is -0.432. The van der Waals surface area contributed by atoms with Gasteiger partial charge in [0.2, 0.25) is 0 Å². The third-order valence-corrected chi connectivity index (χ3v) is 4.66. The molecular formula is C18H26FN3. The standard InChI is InChI=1S/C18H26FN3/c1-5-9-15(10-7-13-19)18(11-8-12-18)17-21-20-16(22(17)4)14(3)6-2/h6-7,9-10H,5,8,11-13H2,1-4H3/b10-7-,14-6+,15-9+. The molecule has 0 saturated heterocycles. The fourth-order valence-corrected chi connectivity index (χ4v) is 3.20. The van der Waals surface area contributed by atoms with Crippen LogP contribution in [0.2, 0.25) is 0 Å². The predicted octanol–water partition coefficient (Wildman–Crippen LogP) is 4.52. The van der Waals surface area contributed by atoms with Crippen LogP contribution in [0.15, 0.2) is 29.9 Å². The fourth-order valence-electron chi connectivity index (χ4n) is 3.20. The van der Waals surface area contributed by atoms with Gasteiger partial charge in [0.05, 0.1) is 5.41 Å². The van der Waals surface area contributed by atoms with Gasteiger partial charge < -0.3 is 4.57 Å². The topological polar surface area (TPSA) is 30.7 Å². The van der Waals surface area contributed by atoms with Crippen LogP contribution in [0.1, 0.15) is 58.1 Å². The number of halogens is 1. The molecule has 0 atom stereocenters. The van der Waals surface area contributed by atoms with E-state index in [2.05, 4.69) is 27.8 Å². The van der Waals surface area contributed by atoms with Crippen molar-refractivity contribution < 1.29 is 4.39 Å². The average Bonchev–Trinajstić information content (AvgIpc) is 2.85. The summed E-state index contributed by atoms with van der Waals surface area (Å²) in [5.41, 5.74) is 2.20. The third kappa shape index (κ3) is 2.79. The van der Waals surface area contributed by atoms with Crippen LogP contribution < -0.4 is 0 Å². The van der Waals surface area contributed by atoms with E-state index in [1.165, 1.54) is 12.0 Å². The molecule has 0 amide bonds. The molecule has 1 aromatic heterocycles. The van der Waals surface area contributed by atoms with E-state index in [1.807, 2.05) is 33.0 Å². The Morgan fingerprint density at radius 2 is 2.09 bits per heavy atom. The zero-order chi connectivity index (χ0) is 16.2. The van der Waals surface area contributed by atoms with Crippen LogP contribution in [0.25, 0.3) is 5.57 Å². The summed E-state index contributed by atoms with van der Waals surface area (Å²) in [6.45, 7) is 5.74. The lowest BCUT2D eigenvalue weighted by molar-refractivity contribution is 0.276. The van der Waals surface area contributed by atoms with Crippen LogP contribution in [0.4, 0.5) is 4.39 Å². The van der Waals surface area contributed by atoms with Crippen molar-refractivity contribution in [1.29, 1.82) is 0 Å². The van der Waals surface area contributed by atoms with Gasteiger partial charge in [-0.2, -0.15) is 0 Å². The second-order valence-electron chi connectivity index (χ2n) is 5.94. The third-order valence-electron chi connectivity index (χ3n) is 4.66. The number of nitrogens with zero attached hydrogens (tertiary/aromatic N) is 3. The molecule has 1 saturated carbocycles. The smallest absolute Gasteiger partial charge is 0.159 e. The van der Waals surface area contributed by atoms with Gasteiger partial charge in [0.1, 0.15) is 12.5 Å². The van der Waals surface area contributed by atoms with E-state index in [0.29, 0.717) is 0 Å². The Balaban J connectivity index is 2.49. The number of rotatable bonds is 6. The molecule has 4 heteroatoms. The maximum absolute atomic E-state index is 12.6.